The number of thioether (sulfide) groups is 1. The van der Waals surface area contributed by atoms with Gasteiger partial charge in [-0.25, -0.2) is 0 Å². The lowest BCUT2D eigenvalue weighted by Crippen LogP contribution is -2.62. The Bertz CT molecular complexity index is 518. The maximum Gasteiger partial charge on any atom is 0.361 e. The first kappa shape index (κ1) is 16.7. The highest BCUT2D eigenvalue weighted by Gasteiger charge is 2.74. The van der Waals surface area contributed by atoms with Crippen LogP contribution in [0, 0.1) is 0 Å². The number of alkyl halides is 6. The second-order valence-corrected chi connectivity index (χ2v) is 6.51. The third-order valence-electron chi connectivity index (χ3n) is 3.04. The lowest BCUT2D eigenvalue weighted by atomic mass is 10.1. The molecule has 0 aliphatic carbocycles. The summed E-state index contributed by atoms with van der Waals surface area (Å²) in [6.07, 6.45) is 0. The van der Waals surface area contributed by atoms with Gasteiger partial charge < -0.3 is 4.90 Å². The van der Waals surface area contributed by atoms with E-state index in [1.807, 2.05) is 0 Å². The molecule has 1 aliphatic heterocycles. The van der Waals surface area contributed by atoms with Crippen LogP contribution in [0.5, 0.6) is 0 Å². The standard InChI is InChI=1S/C12H9Cl2F4NOS/c13-11(15,16)10(12(14,17)18)19(9(20)7-21-10)6-8-4-2-1-3-5-8/h1-5H,6-7H2. The molecule has 1 fully saturated rings. The average molecular weight is 362 g/mol. The van der Waals surface area contributed by atoms with Crippen molar-refractivity contribution in [3.63, 3.8) is 0 Å². The summed E-state index contributed by atoms with van der Waals surface area (Å²) in [6.45, 7) is -0.433. The van der Waals surface area contributed by atoms with Crippen LogP contribution < -0.4 is 0 Å². The molecule has 0 bridgehead atoms. The van der Waals surface area contributed by atoms with Gasteiger partial charge in [0.1, 0.15) is 0 Å². The molecule has 116 valence electrons. The normalized spacial score (nSPS) is 19.1. The number of halogens is 6. The smallest absolute Gasteiger partial charge is 0.310 e. The Kier molecular flexibility index (Phi) is 4.39. The van der Waals surface area contributed by atoms with Crippen LogP contribution in [0.2, 0.25) is 0 Å². The molecule has 0 N–H and O–H groups in total. The number of rotatable bonds is 4. The molecule has 2 nitrogen and oxygen atoms in total. The predicted molar refractivity (Wildman–Crippen MR) is 73.8 cm³/mol. The molecule has 1 aliphatic rings. The minimum Gasteiger partial charge on any atom is -0.310 e. The zero-order valence-electron chi connectivity index (χ0n) is 10.3. The number of hydrogen-bond acceptors (Lipinski definition) is 2. The van der Waals surface area contributed by atoms with Crippen LogP contribution in [0.3, 0.4) is 0 Å². The summed E-state index contributed by atoms with van der Waals surface area (Å²) in [6, 6.07) is 7.92. The molecule has 1 aromatic rings. The summed E-state index contributed by atoms with van der Waals surface area (Å²) >= 11 is 9.84. The van der Waals surface area contributed by atoms with Gasteiger partial charge in [-0.15, -0.1) is 11.8 Å². The van der Waals surface area contributed by atoms with Gasteiger partial charge in [-0.1, -0.05) is 30.3 Å². The Morgan fingerprint density at radius 2 is 1.67 bits per heavy atom. The van der Waals surface area contributed by atoms with E-state index >= 15 is 0 Å². The first-order valence-corrected chi connectivity index (χ1v) is 7.45. The van der Waals surface area contributed by atoms with Crippen molar-refractivity contribution in [1.82, 2.24) is 4.90 Å². The second-order valence-electron chi connectivity index (χ2n) is 4.39. The molecular formula is C12H9Cl2F4NOS. The fourth-order valence-corrected chi connectivity index (χ4v) is 4.05. The van der Waals surface area contributed by atoms with E-state index < -0.39 is 33.8 Å². The Labute approximate surface area is 132 Å². The van der Waals surface area contributed by atoms with Crippen molar-refractivity contribution in [2.45, 2.75) is 22.2 Å². The highest BCUT2D eigenvalue weighted by atomic mass is 35.5. The van der Waals surface area contributed by atoms with Crippen LogP contribution in [-0.2, 0) is 11.3 Å². The predicted octanol–water partition coefficient (Wildman–Crippen LogP) is 4.12. The maximum absolute atomic E-state index is 13.7. The summed E-state index contributed by atoms with van der Waals surface area (Å²) in [5.74, 6) is -1.42. The van der Waals surface area contributed by atoms with E-state index in [9.17, 15) is 22.4 Å². The highest BCUT2D eigenvalue weighted by Crippen LogP contribution is 2.59. The molecule has 1 aromatic carbocycles. The van der Waals surface area contributed by atoms with E-state index in [2.05, 4.69) is 0 Å². The fraction of sp³-hybridized carbons (Fsp3) is 0.417. The second kappa shape index (κ2) is 5.52. The molecular weight excluding hydrogens is 353 g/mol. The third kappa shape index (κ3) is 2.83. The van der Waals surface area contributed by atoms with Crippen LogP contribution in [0.15, 0.2) is 30.3 Å². The molecule has 0 unspecified atom stereocenters. The van der Waals surface area contributed by atoms with E-state index in [1.54, 1.807) is 18.2 Å². The topological polar surface area (TPSA) is 20.3 Å². The van der Waals surface area contributed by atoms with Crippen LogP contribution in [-0.4, -0.2) is 32.2 Å². The van der Waals surface area contributed by atoms with Gasteiger partial charge >= 0.3 is 10.8 Å². The monoisotopic (exact) mass is 361 g/mol. The molecule has 1 heterocycles. The van der Waals surface area contributed by atoms with Gasteiger partial charge in [0.2, 0.25) is 10.8 Å². The lowest BCUT2D eigenvalue weighted by Gasteiger charge is -2.42. The van der Waals surface area contributed by atoms with Crippen molar-refractivity contribution >= 4 is 40.9 Å². The largest absolute Gasteiger partial charge is 0.361 e. The molecule has 0 aromatic heterocycles. The van der Waals surface area contributed by atoms with Crippen LogP contribution >= 0.6 is 35.0 Å². The van der Waals surface area contributed by atoms with Gasteiger partial charge in [0.15, 0.2) is 0 Å². The van der Waals surface area contributed by atoms with Gasteiger partial charge in [-0.2, -0.15) is 17.6 Å². The minimum atomic E-state index is -4.40. The zero-order valence-corrected chi connectivity index (χ0v) is 12.7. The van der Waals surface area contributed by atoms with E-state index in [4.69, 9.17) is 23.2 Å². The van der Waals surface area contributed by atoms with Crippen molar-refractivity contribution in [2.75, 3.05) is 5.75 Å². The summed E-state index contributed by atoms with van der Waals surface area (Å²) in [5.41, 5.74) is 0.416. The Hall–Kier alpha value is -0.660. The molecule has 1 saturated heterocycles. The number of carbonyl (C=O) groups is 1. The van der Waals surface area contributed by atoms with Crippen molar-refractivity contribution < 1.29 is 22.4 Å². The first-order chi connectivity index (χ1) is 9.59. The number of hydrogen-bond donors (Lipinski definition) is 0. The average Bonchev–Trinajstić information content (AvgIpc) is 2.68. The van der Waals surface area contributed by atoms with Crippen molar-refractivity contribution in [2.24, 2.45) is 0 Å². The zero-order chi connectivity index (χ0) is 15.9. The quantitative estimate of drug-likeness (QED) is 0.593. The van der Waals surface area contributed by atoms with Gasteiger partial charge in [0.25, 0.3) is 0 Å². The number of amides is 1. The fourth-order valence-electron chi connectivity index (χ4n) is 2.09. The molecule has 0 radical (unpaired) electrons. The molecule has 0 atom stereocenters. The molecule has 2 rings (SSSR count). The number of benzene rings is 1. The summed E-state index contributed by atoms with van der Waals surface area (Å²) in [4.78, 5) is 8.84. The van der Waals surface area contributed by atoms with Crippen molar-refractivity contribution in [1.29, 1.82) is 0 Å². The Balaban J connectivity index is 2.46. The molecule has 0 saturated carbocycles. The summed E-state index contributed by atoms with van der Waals surface area (Å²) < 4.78 is 54.8. The number of nitrogens with zero attached hydrogens (tertiary/aromatic N) is 1. The van der Waals surface area contributed by atoms with Crippen LogP contribution in [0.1, 0.15) is 5.56 Å². The van der Waals surface area contributed by atoms with E-state index in [1.165, 1.54) is 12.1 Å². The molecule has 9 heteroatoms. The van der Waals surface area contributed by atoms with Gasteiger partial charge in [0, 0.05) is 6.54 Å². The number of carbonyl (C=O) groups excluding carboxylic acids is 1. The first-order valence-electron chi connectivity index (χ1n) is 5.71. The highest BCUT2D eigenvalue weighted by molar-refractivity contribution is 8.02. The molecule has 0 spiro atoms. The Morgan fingerprint density at radius 3 is 2.14 bits per heavy atom. The van der Waals surface area contributed by atoms with E-state index in [0.29, 0.717) is 10.5 Å². The van der Waals surface area contributed by atoms with Crippen molar-refractivity contribution in [3.05, 3.63) is 35.9 Å². The third-order valence-corrected chi connectivity index (χ3v) is 5.35. The molecule has 1 amide bonds. The van der Waals surface area contributed by atoms with Crippen LogP contribution in [0.25, 0.3) is 0 Å². The van der Waals surface area contributed by atoms with Gasteiger partial charge in [-0.3, -0.25) is 4.79 Å². The summed E-state index contributed by atoms with van der Waals surface area (Å²) in [7, 11) is 0. The maximum atomic E-state index is 13.7. The van der Waals surface area contributed by atoms with Crippen LogP contribution in [0.4, 0.5) is 17.6 Å². The van der Waals surface area contributed by atoms with E-state index in [0.717, 1.165) is 0 Å². The van der Waals surface area contributed by atoms with Crippen molar-refractivity contribution in [3.8, 4) is 0 Å². The lowest BCUT2D eigenvalue weighted by molar-refractivity contribution is -0.156. The van der Waals surface area contributed by atoms with Gasteiger partial charge in [-0.05, 0) is 28.8 Å². The minimum absolute atomic E-state index is 0.0517. The van der Waals surface area contributed by atoms with Gasteiger partial charge in [0.05, 0.1) is 5.75 Å². The summed E-state index contributed by atoms with van der Waals surface area (Å²) in [5, 5.41) is -8.80. The Morgan fingerprint density at radius 1 is 1.14 bits per heavy atom. The molecule has 21 heavy (non-hydrogen) atoms. The van der Waals surface area contributed by atoms with E-state index in [-0.39, 0.29) is 11.8 Å². The SMILES string of the molecule is O=C1CSC(C(F)(F)Cl)(C(F)(F)Cl)N1Cc1ccccc1.